The van der Waals surface area contributed by atoms with Crippen LogP contribution in [-0.2, 0) is 0 Å². The van der Waals surface area contributed by atoms with Gasteiger partial charge in [-0.15, -0.1) is 12.4 Å². The summed E-state index contributed by atoms with van der Waals surface area (Å²) in [6.07, 6.45) is 3.18. The van der Waals surface area contributed by atoms with Crippen molar-refractivity contribution >= 4 is 18.3 Å². The Balaban J connectivity index is 0.00000169. The van der Waals surface area contributed by atoms with Gasteiger partial charge in [0.05, 0.1) is 0 Å². The van der Waals surface area contributed by atoms with Gasteiger partial charge in [0.15, 0.2) is 0 Å². The molecular formula is C18H22ClN3O2. The highest BCUT2D eigenvalue weighted by Gasteiger charge is 2.39. The smallest absolute Gasteiger partial charge is 0.293 e. The molecule has 2 aliphatic rings. The summed E-state index contributed by atoms with van der Waals surface area (Å²) in [6.45, 7) is 3.90. The third-order valence-corrected chi connectivity index (χ3v) is 4.96. The first-order valence-corrected chi connectivity index (χ1v) is 8.29. The maximum atomic E-state index is 12.9. The van der Waals surface area contributed by atoms with Crippen LogP contribution in [-0.4, -0.2) is 41.1 Å². The first kappa shape index (κ1) is 17.0. The molecule has 4 rings (SSSR count). The number of nitrogens with one attached hydrogen (secondary N) is 1. The van der Waals surface area contributed by atoms with Gasteiger partial charge in [0, 0.05) is 30.3 Å². The Morgan fingerprint density at radius 3 is 2.75 bits per heavy atom. The Bertz CT molecular complexity index is 699. The number of hydrogen-bond donors (Lipinski definition) is 1. The number of nitrogens with zero attached hydrogens (tertiary/aromatic N) is 2. The summed E-state index contributed by atoms with van der Waals surface area (Å²) in [5.41, 5.74) is 2.88. The number of aryl methyl sites for hydroxylation is 1. The van der Waals surface area contributed by atoms with E-state index >= 15 is 0 Å². The highest BCUT2D eigenvalue weighted by Crippen LogP contribution is 2.30. The number of halogens is 1. The maximum Gasteiger partial charge on any atom is 0.293 e. The van der Waals surface area contributed by atoms with Crippen molar-refractivity contribution in [3.8, 4) is 11.3 Å². The third-order valence-electron chi connectivity index (χ3n) is 4.96. The van der Waals surface area contributed by atoms with Crippen LogP contribution in [0.2, 0.25) is 0 Å². The lowest BCUT2D eigenvalue weighted by molar-refractivity contribution is 0.0637. The van der Waals surface area contributed by atoms with Gasteiger partial charge in [-0.3, -0.25) is 4.79 Å². The molecule has 0 aliphatic carbocycles. The van der Waals surface area contributed by atoms with Gasteiger partial charge in [-0.2, -0.15) is 0 Å². The van der Waals surface area contributed by atoms with Crippen LogP contribution in [0.15, 0.2) is 34.9 Å². The van der Waals surface area contributed by atoms with Gasteiger partial charge >= 0.3 is 0 Å². The lowest BCUT2D eigenvalue weighted by Crippen LogP contribution is -2.42. The van der Waals surface area contributed by atoms with Gasteiger partial charge in [0.2, 0.25) is 5.76 Å². The zero-order valence-electron chi connectivity index (χ0n) is 13.7. The fraction of sp³-hybridized carbons (Fsp3) is 0.444. The summed E-state index contributed by atoms with van der Waals surface area (Å²) in [4.78, 5) is 14.9. The third kappa shape index (κ3) is 3.06. The summed E-state index contributed by atoms with van der Waals surface area (Å²) in [5, 5.41) is 7.50. The number of carbonyl (C=O) groups excluding carboxylic acids is 1. The summed E-state index contributed by atoms with van der Waals surface area (Å²) < 4.78 is 5.37. The van der Waals surface area contributed by atoms with E-state index in [4.69, 9.17) is 4.52 Å². The van der Waals surface area contributed by atoms with E-state index in [-0.39, 0.29) is 24.4 Å². The van der Waals surface area contributed by atoms with E-state index < -0.39 is 0 Å². The molecule has 1 amide bonds. The monoisotopic (exact) mass is 347 g/mol. The molecule has 2 fully saturated rings. The normalized spacial score (nSPS) is 22.8. The van der Waals surface area contributed by atoms with Crippen molar-refractivity contribution in [1.82, 2.24) is 15.4 Å². The first-order chi connectivity index (χ1) is 11.2. The first-order valence-electron chi connectivity index (χ1n) is 8.29. The van der Waals surface area contributed by atoms with E-state index in [0.717, 1.165) is 37.9 Å². The van der Waals surface area contributed by atoms with Crippen molar-refractivity contribution < 1.29 is 9.32 Å². The van der Waals surface area contributed by atoms with Crippen LogP contribution in [0.1, 0.15) is 35.4 Å². The molecule has 1 N–H and O–H groups in total. The predicted molar refractivity (Wildman–Crippen MR) is 94.4 cm³/mol. The standard InChI is InChI=1S/C18H21N3O2.ClH/c1-12-2-4-13(5-3-12)16-10-17(23-20-16)18(22)21-14-6-7-15(21)11-19-9-8-14;/h2-5,10,14-15,19H,6-9,11H2,1H3;1H. The van der Waals surface area contributed by atoms with Crippen molar-refractivity contribution in [2.75, 3.05) is 13.1 Å². The lowest BCUT2D eigenvalue weighted by atomic mass is 10.1. The average Bonchev–Trinajstić information content (AvgIpc) is 3.11. The molecule has 0 radical (unpaired) electrons. The molecule has 5 nitrogen and oxygen atoms in total. The number of hydrogen-bond acceptors (Lipinski definition) is 4. The number of rotatable bonds is 2. The second-order valence-corrected chi connectivity index (χ2v) is 6.53. The SMILES string of the molecule is Cc1ccc(-c2cc(C(=O)N3C4CCNCC3CC4)on2)cc1.Cl. The molecule has 2 aliphatic heterocycles. The van der Waals surface area contributed by atoms with Crippen molar-refractivity contribution in [1.29, 1.82) is 0 Å². The number of amides is 1. The molecule has 24 heavy (non-hydrogen) atoms. The van der Waals surface area contributed by atoms with Crippen molar-refractivity contribution in [2.24, 2.45) is 0 Å². The lowest BCUT2D eigenvalue weighted by Gasteiger charge is -2.26. The van der Waals surface area contributed by atoms with Crippen LogP contribution in [0, 0.1) is 6.92 Å². The summed E-state index contributed by atoms with van der Waals surface area (Å²) in [5.74, 6) is 0.325. The van der Waals surface area contributed by atoms with Crippen LogP contribution >= 0.6 is 12.4 Å². The predicted octanol–water partition coefficient (Wildman–Crippen LogP) is 3.04. The van der Waals surface area contributed by atoms with E-state index in [0.29, 0.717) is 17.5 Å². The Hall–Kier alpha value is -1.85. The van der Waals surface area contributed by atoms with Crippen molar-refractivity contribution in [2.45, 2.75) is 38.3 Å². The summed E-state index contributed by atoms with van der Waals surface area (Å²) in [6, 6.07) is 10.4. The van der Waals surface area contributed by atoms with Gasteiger partial charge in [-0.1, -0.05) is 35.0 Å². The van der Waals surface area contributed by atoms with Crippen molar-refractivity contribution in [3.05, 3.63) is 41.7 Å². The molecular weight excluding hydrogens is 326 g/mol. The molecule has 1 aromatic heterocycles. The zero-order chi connectivity index (χ0) is 15.8. The van der Waals surface area contributed by atoms with Crippen LogP contribution < -0.4 is 5.32 Å². The second kappa shape index (κ2) is 6.95. The Morgan fingerprint density at radius 2 is 1.96 bits per heavy atom. The van der Waals surface area contributed by atoms with E-state index in [9.17, 15) is 4.79 Å². The van der Waals surface area contributed by atoms with Crippen LogP contribution in [0.4, 0.5) is 0 Å². The Labute approximate surface area is 147 Å². The largest absolute Gasteiger partial charge is 0.350 e. The molecule has 2 bridgehead atoms. The minimum Gasteiger partial charge on any atom is -0.350 e. The average molecular weight is 348 g/mol. The minimum atomic E-state index is -0.0212. The molecule has 0 spiro atoms. The van der Waals surface area contributed by atoms with Crippen LogP contribution in [0.5, 0.6) is 0 Å². The molecule has 2 aromatic rings. The highest BCUT2D eigenvalue weighted by atomic mass is 35.5. The molecule has 0 saturated carbocycles. The van der Waals surface area contributed by atoms with Gasteiger partial charge < -0.3 is 14.7 Å². The minimum absolute atomic E-state index is 0. The number of benzene rings is 1. The molecule has 1 aromatic carbocycles. The topological polar surface area (TPSA) is 58.4 Å². The molecule has 2 atom stereocenters. The van der Waals surface area contributed by atoms with E-state index in [1.165, 1.54) is 5.56 Å². The highest BCUT2D eigenvalue weighted by molar-refractivity contribution is 5.93. The molecule has 2 saturated heterocycles. The van der Waals surface area contributed by atoms with E-state index in [1.54, 1.807) is 6.07 Å². The quantitative estimate of drug-likeness (QED) is 0.907. The second-order valence-electron chi connectivity index (χ2n) is 6.53. The van der Waals surface area contributed by atoms with Crippen molar-refractivity contribution in [3.63, 3.8) is 0 Å². The summed E-state index contributed by atoms with van der Waals surface area (Å²) in [7, 11) is 0. The van der Waals surface area contributed by atoms with E-state index in [1.807, 2.05) is 36.1 Å². The molecule has 3 heterocycles. The Kier molecular flexibility index (Phi) is 4.92. The van der Waals surface area contributed by atoms with Gasteiger partial charge in [-0.25, -0.2) is 0 Å². The molecule has 6 heteroatoms. The molecule has 2 unspecified atom stereocenters. The zero-order valence-corrected chi connectivity index (χ0v) is 14.5. The Morgan fingerprint density at radius 1 is 1.21 bits per heavy atom. The van der Waals surface area contributed by atoms with Crippen LogP contribution in [0.25, 0.3) is 11.3 Å². The fourth-order valence-electron chi connectivity index (χ4n) is 3.68. The van der Waals surface area contributed by atoms with E-state index in [2.05, 4.69) is 10.5 Å². The van der Waals surface area contributed by atoms with Gasteiger partial charge in [0.1, 0.15) is 5.69 Å². The number of aromatic nitrogens is 1. The van der Waals surface area contributed by atoms with Gasteiger partial charge in [0.25, 0.3) is 5.91 Å². The van der Waals surface area contributed by atoms with Gasteiger partial charge in [-0.05, 0) is 32.7 Å². The molecule has 128 valence electrons. The fourth-order valence-corrected chi connectivity index (χ4v) is 3.68. The summed E-state index contributed by atoms with van der Waals surface area (Å²) >= 11 is 0. The number of carbonyl (C=O) groups is 1. The van der Waals surface area contributed by atoms with Crippen LogP contribution in [0.3, 0.4) is 0 Å². The number of fused-ring (bicyclic) bond motifs is 2. The maximum absolute atomic E-state index is 12.9.